The summed E-state index contributed by atoms with van der Waals surface area (Å²) in [7, 11) is 0. The van der Waals surface area contributed by atoms with Crippen molar-refractivity contribution in [2.75, 3.05) is 26.2 Å². The molecule has 15 heavy (non-hydrogen) atoms. The molecule has 0 aromatic heterocycles. The van der Waals surface area contributed by atoms with Crippen molar-refractivity contribution < 1.29 is 9.90 Å². The van der Waals surface area contributed by atoms with E-state index in [2.05, 4.69) is 6.92 Å². The van der Waals surface area contributed by atoms with E-state index in [-0.39, 0.29) is 12.5 Å². The number of nitrogens with zero attached hydrogens (tertiary/aromatic N) is 1. The molecule has 0 fully saturated rings. The third-order valence-corrected chi connectivity index (χ3v) is 2.35. The number of aliphatic hydroxyl groups excluding tert-OH is 1. The fourth-order valence-electron chi connectivity index (χ4n) is 1.41. The predicted octanol–water partition coefficient (Wildman–Crippen LogP) is 0.736. The number of nitrogens with two attached hydrogens (primary N) is 1. The highest BCUT2D eigenvalue weighted by atomic mass is 16.3. The molecule has 0 heterocycles. The normalized spacial score (nSPS) is 10.3. The van der Waals surface area contributed by atoms with Crippen molar-refractivity contribution in [2.45, 2.75) is 39.0 Å². The lowest BCUT2D eigenvalue weighted by atomic mass is 10.2. The second-order valence-electron chi connectivity index (χ2n) is 3.70. The molecule has 0 bridgehead atoms. The fourth-order valence-corrected chi connectivity index (χ4v) is 1.41. The minimum atomic E-state index is 0.0480. The maximum absolute atomic E-state index is 11.7. The summed E-state index contributed by atoms with van der Waals surface area (Å²) in [5.41, 5.74) is 5.36. The number of rotatable bonds is 9. The zero-order chi connectivity index (χ0) is 11.5. The predicted molar refractivity (Wildman–Crippen MR) is 61.5 cm³/mol. The molecule has 0 unspecified atom stereocenters. The molecule has 4 heteroatoms. The van der Waals surface area contributed by atoms with Crippen molar-refractivity contribution in [2.24, 2.45) is 5.73 Å². The summed E-state index contributed by atoms with van der Waals surface area (Å²) in [4.78, 5) is 13.4. The van der Waals surface area contributed by atoms with Gasteiger partial charge in [-0.15, -0.1) is 0 Å². The van der Waals surface area contributed by atoms with Crippen molar-refractivity contribution in [3.8, 4) is 0 Å². The zero-order valence-corrected chi connectivity index (χ0v) is 9.74. The first-order valence-electron chi connectivity index (χ1n) is 5.85. The summed E-state index contributed by atoms with van der Waals surface area (Å²) < 4.78 is 0. The molecule has 0 aromatic rings. The van der Waals surface area contributed by atoms with Gasteiger partial charge in [-0.2, -0.15) is 0 Å². The van der Waals surface area contributed by atoms with Gasteiger partial charge in [0.05, 0.1) is 6.61 Å². The van der Waals surface area contributed by atoms with Crippen molar-refractivity contribution >= 4 is 5.91 Å². The quantitative estimate of drug-likeness (QED) is 0.559. The standard InChI is InChI=1S/C11H24N2O2/c1-2-3-8-13(9-10-14)11(15)6-4-5-7-12/h14H,2-10,12H2,1H3. The first kappa shape index (κ1) is 14.4. The van der Waals surface area contributed by atoms with E-state index in [0.717, 1.165) is 32.2 Å². The fraction of sp³-hybridized carbons (Fsp3) is 0.909. The lowest BCUT2D eigenvalue weighted by Crippen LogP contribution is -2.34. The number of hydrogen-bond acceptors (Lipinski definition) is 3. The van der Waals surface area contributed by atoms with E-state index < -0.39 is 0 Å². The largest absolute Gasteiger partial charge is 0.395 e. The van der Waals surface area contributed by atoms with Crippen LogP contribution in [0.25, 0.3) is 0 Å². The van der Waals surface area contributed by atoms with Gasteiger partial charge in [0.25, 0.3) is 0 Å². The average molecular weight is 216 g/mol. The van der Waals surface area contributed by atoms with E-state index in [4.69, 9.17) is 10.8 Å². The zero-order valence-electron chi connectivity index (χ0n) is 9.74. The summed E-state index contributed by atoms with van der Waals surface area (Å²) in [5.74, 6) is 0.144. The van der Waals surface area contributed by atoms with Crippen LogP contribution in [0, 0.1) is 0 Å². The van der Waals surface area contributed by atoms with Crippen molar-refractivity contribution in [3.63, 3.8) is 0 Å². The van der Waals surface area contributed by atoms with Gasteiger partial charge in [0.2, 0.25) is 5.91 Å². The topological polar surface area (TPSA) is 66.6 Å². The van der Waals surface area contributed by atoms with Gasteiger partial charge in [-0.05, 0) is 25.8 Å². The van der Waals surface area contributed by atoms with E-state index in [1.165, 1.54) is 0 Å². The monoisotopic (exact) mass is 216 g/mol. The third-order valence-electron chi connectivity index (χ3n) is 2.35. The summed E-state index contributed by atoms with van der Waals surface area (Å²) in [6.07, 6.45) is 4.37. The van der Waals surface area contributed by atoms with Crippen LogP contribution in [0.1, 0.15) is 39.0 Å². The molecule has 0 atom stereocenters. The van der Waals surface area contributed by atoms with E-state index in [9.17, 15) is 4.79 Å². The highest BCUT2D eigenvalue weighted by molar-refractivity contribution is 5.76. The molecule has 0 spiro atoms. The van der Waals surface area contributed by atoms with Gasteiger partial charge in [0, 0.05) is 19.5 Å². The maximum atomic E-state index is 11.7. The maximum Gasteiger partial charge on any atom is 0.222 e. The van der Waals surface area contributed by atoms with Crippen LogP contribution in [0.15, 0.2) is 0 Å². The number of hydrogen-bond donors (Lipinski definition) is 2. The van der Waals surface area contributed by atoms with Crippen LogP contribution in [0.4, 0.5) is 0 Å². The van der Waals surface area contributed by atoms with Crippen LogP contribution in [-0.2, 0) is 4.79 Å². The summed E-state index contributed by atoms with van der Waals surface area (Å²) in [5, 5.41) is 8.84. The van der Waals surface area contributed by atoms with Crippen LogP contribution in [0.2, 0.25) is 0 Å². The van der Waals surface area contributed by atoms with E-state index >= 15 is 0 Å². The van der Waals surface area contributed by atoms with Gasteiger partial charge in [-0.25, -0.2) is 0 Å². The van der Waals surface area contributed by atoms with Gasteiger partial charge >= 0.3 is 0 Å². The summed E-state index contributed by atoms with van der Waals surface area (Å²) >= 11 is 0. The molecule has 1 amide bonds. The Labute approximate surface area is 92.4 Å². The molecule has 0 saturated heterocycles. The van der Waals surface area contributed by atoms with Crippen LogP contribution >= 0.6 is 0 Å². The lowest BCUT2D eigenvalue weighted by molar-refractivity contribution is -0.131. The summed E-state index contributed by atoms with van der Waals surface area (Å²) in [6, 6.07) is 0. The minimum absolute atomic E-state index is 0.0480. The molecule has 4 nitrogen and oxygen atoms in total. The van der Waals surface area contributed by atoms with Crippen molar-refractivity contribution in [1.82, 2.24) is 4.90 Å². The van der Waals surface area contributed by atoms with E-state index in [1.54, 1.807) is 4.90 Å². The number of unbranched alkanes of at least 4 members (excludes halogenated alkanes) is 2. The Balaban J connectivity index is 3.81. The minimum Gasteiger partial charge on any atom is -0.395 e. The molecular weight excluding hydrogens is 192 g/mol. The highest BCUT2D eigenvalue weighted by Gasteiger charge is 2.11. The molecule has 0 aliphatic rings. The SMILES string of the molecule is CCCCN(CCO)C(=O)CCCCN. The molecule has 0 aliphatic carbocycles. The number of amides is 1. The van der Waals surface area contributed by atoms with Crippen LogP contribution in [0.5, 0.6) is 0 Å². The van der Waals surface area contributed by atoms with Gasteiger partial charge in [-0.3, -0.25) is 4.79 Å². The van der Waals surface area contributed by atoms with Gasteiger partial charge in [0.15, 0.2) is 0 Å². The van der Waals surface area contributed by atoms with Crippen LogP contribution < -0.4 is 5.73 Å². The molecule has 90 valence electrons. The third kappa shape index (κ3) is 7.33. The number of carbonyl (C=O) groups excluding carboxylic acids is 1. The summed E-state index contributed by atoms with van der Waals surface area (Å²) in [6.45, 7) is 4.00. The Morgan fingerprint density at radius 3 is 2.53 bits per heavy atom. The Morgan fingerprint density at radius 2 is 2.00 bits per heavy atom. The van der Waals surface area contributed by atoms with E-state index in [1.807, 2.05) is 0 Å². The van der Waals surface area contributed by atoms with Gasteiger partial charge < -0.3 is 15.7 Å². The molecule has 3 N–H and O–H groups in total. The van der Waals surface area contributed by atoms with Gasteiger partial charge in [-0.1, -0.05) is 13.3 Å². The smallest absolute Gasteiger partial charge is 0.222 e. The first-order valence-corrected chi connectivity index (χ1v) is 5.85. The molecule has 0 rings (SSSR count). The van der Waals surface area contributed by atoms with E-state index in [0.29, 0.717) is 19.5 Å². The number of aliphatic hydroxyl groups is 1. The molecule has 0 aliphatic heterocycles. The average Bonchev–Trinajstić information content (AvgIpc) is 2.24. The highest BCUT2D eigenvalue weighted by Crippen LogP contribution is 2.02. The molecular formula is C11H24N2O2. The Morgan fingerprint density at radius 1 is 1.27 bits per heavy atom. The van der Waals surface area contributed by atoms with Crippen LogP contribution in [-0.4, -0.2) is 42.2 Å². The van der Waals surface area contributed by atoms with Crippen LogP contribution in [0.3, 0.4) is 0 Å². The second-order valence-corrected chi connectivity index (χ2v) is 3.70. The Bertz CT molecular complexity index is 163. The molecule has 0 radical (unpaired) electrons. The van der Waals surface area contributed by atoms with Crippen molar-refractivity contribution in [1.29, 1.82) is 0 Å². The lowest BCUT2D eigenvalue weighted by Gasteiger charge is -2.21. The first-order chi connectivity index (χ1) is 7.26. The Kier molecular flexibility index (Phi) is 9.52. The second kappa shape index (κ2) is 9.93. The molecule has 0 saturated carbocycles. The molecule has 0 aromatic carbocycles. The Hall–Kier alpha value is -0.610. The van der Waals surface area contributed by atoms with Crippen molar-refractivity contribution in [3.05, 3.63) is 0 Å². The van der Waals surface area contributed by atoms with Gasteiger partial charge in [0.1, 0.15) is 0 Å². The number of carbonyl (C=O) groups is 1.